The van der Waals surface area contributed by atoms with Gasteiger partial charge in [0.15, 0.2) is 0 Å². The Morgan fingerprint density at radius 2 is 1.86 bits per heavy atom. The minimum atomic E-state index is -3.71. The van der Waals surface area contributed by atoms with E-state index < -0.39 is 21.8 Å². The summed E-state index contributed by atoms with van der Waals surface area (Å²) in [5, 5.41) is 2.70. The lowest BCUT2D eigenvalue weighted by Crippen LogP contribution is -2.32. The number of hydrogen-bond acceptors (Lipinski definition) is 5. The van der Waals surface area contributed by atoms with Crippen molar-refractivity contribution in [1.82, 2.24) is 0 Å². The van der Waals surface area contributed by atoms with Gasteiger partial charge in [0.2, 0.25) is 15.9 Å². The lowest BCUT2D eigenvalue weighted by Gasteiger charge is -2.22. The van der Waals surface area contributed by atoms with Gasteiger partial charge in [0.25, 0.3) is 0 Å². The average Bonchev–Trinajstić information content (AvgIpc) is 2.66. The SMILES string of the molecule is COC(=O)c1ccc(C)c(NC(=O)CCCN(c2ccccc2F)S(C)(=O)=O)c1. The fraction of sp³-hybridized carbons (Fsp3) is 0.300. The van der Waals surface area contributed by atoms with E-state index in [4.69, 9.17) is 0 Å². The minimum absolute atomic E-state index is 0.0162. The molecule has 2 rings (SSSR count). The van der Waals surface area contributed by atoms with Crippen LogP contribution in [0.2, 0.25) is 0 Å². The summed E-state index contributed by atoms with van der Waals surface area (Å²) in [4.78, 5) is 23.9. The average molecular weight is 422 g/mol. The Hall–Kier alpha value is -2.94. The van der Waals surface area contributed by atoms with Crippen molar-refractivity contribution in [3.05, 3.63) is 59.4 Å². The number of ether oxygens (including phenoxy) is 1. The normalized spacial score (nSPS) is 11.0. The first-order valence-electron chi connectivity index (χ1n) is 8.84. The number of esters is 1. The Balaban J connectivity index is 2.03. The Kier molecular flexibility index (Phi) is 7.33. The van der Waals surface area contributed by atoms with Gasteiger partial charge in [-0.3, -0.25) is 9.10 Å². The quantitative estimate of drug-likeness (QED) is 0.660. The predicted octanol–water partition coefficient (Wildman–Crippen LogP) is 3.11. The molecule has 0 saturated carbocycles. The number of hydrogen-bond donors (Lipinski definition) is 1. The van der Waals surface area contributed by atoms with Crippen LogP contribution in [0.1, 0.15) is 28.8 Å². The summed E-state index contributed by atoms with van der Waals surface area (Å²) in [5.41, 5.74) is 1.47. The van der Waals surface area contributed by atoms with Crippen molar-refractivity contribution in [1.29, 1.82) is 0 Å². The van der Waals surface area contributed by atoms with Crippen molar-refractivity contribution in [2.24, 2.45) is 0 Å². The second-order valence-corrected chi connectivity index (χ2v) is 8.37. The second kappa shape index (κ2) is 9.51. The van der Waals surface area contributed by atoms with Crippen LogP contribution in [0, 0.1) is 12.7 Å². The highest BCUT2D eigenvalue weighted by Gasteiger charge is 2.20. The van der Waals surface area contributed by atoms with Gasteiger partial charge in [-0.1, -0.05) is 18.2 Å². The highest BCUT2D eigenvalue weighted by atomic mass is 32.2. The molecule has 0 spiro atoms. The summed E-state index contributed by atoms with van der Waals surface area (Å²) in [5.74, 6) is -1.52. The highest BCUT2D eigenvalue weighted by molar-refractivity contribution is 7.92. The molecule has 0 unspecified atom stereocenters. The summed E-state index contributed by atoms with van der Waals surface area (Å²) in [6.45, 7) is 1.73. The molecule has 29 heavy (non-hydrogen) atoms. The van der Waals surface area contributed by atoms with Crippen LogP contribution in [0.5, 0.6) is 0 Å². The van der Waals surface area contributed by atoms with Crippen LogP contribution in [-0.2, 0) is 19.6 Å². The van der Waals surface area contributed by atoms with Crippen LogP contribution < -0.4 is 9.62 Å². The van der Waals surface area contributed by atoms with Crippen molar-refractivity contribution in [3.8, 4) is 0 Å². The molecule has 0 bridgehead atoms. The molecule has 0 heterocycles. The Bertz CT molecular complexity index is 1010. The maximum atomic E-state index is 14.0. The van der Waals surface area contributed by atoms with E-state index in [1.165, 1.54) is 31.4 Å². The van der Waals surface area contributed by atoms with Crippen molar-refractivity contribution < 1.29 is 27.1 Å². The molecule has 2 aromatic carbocycles. The van der Waals surface area contributed by atoms with Crippen LogP contribution in [0.25, 0.3) is 0 Å². The molecule has 0 aromatic heterocycles. The standard InChI is InChI=1S/C20H23FN2O5S/c1-14-10-11-15(20(25)28-2)13-17(14)22-19(24)9-6-12-23(29(3,26)27)18-8-5-4-7-16(18)21/h4-5,7-8,10-11,13H,6,9,12H2,1-3H3,(H,22,24). The van der Waals surface area contributed by atoms with Gasteiger partial charge in [-0.2, -0.15) is 0 Å². The molecule has 0 radical (unpaired) electrons. The van der Waals surface area contributed by atoms with Crippen molar-refractivity contribution in [2.45, 2.75) is 19.8 Å². The number of nitrogens with zero attached hydrogens (tertiary/aromatic N) is 1. The number of halogens is 1. The summed E-state index contributed by atoms with van der Waals surface area (Å²) in [6.07, 6.45) is 1.19. The molecule has 0 fully saturated rings. The molecule has 7 nitrogen and oxygen atoms in total. The van der Waals surface area contributed by atoms with Gasteiger partial charge in [0, 0.05) is 18.7 Å². The van der Waals surface area contributed by atoms with Crippen LogP contribution in [0.15, 0.2) is 42.5 Å². The second-order valence-electron chi connectivity index (χ2n) is 6.46. The molecule has 2 aromatic rings. The number of sulfonamides is 1. The van der Waals surface area contributed by atoms with E-state index in [2.05, 4.69) is 10.1 Å². The first-order chi connectivity index (χ1) is 13.6. The number of rotatable bonds is 8. The summed E-state index contributed by atoms with van der Waals surface area (Å²) >= 11 is 0. The number of nitrogens with one attached hydrogen (secondary N) is 1. The third kappa shape index (κ3) is 6.02. The third-order valence-corrected chi connectivity index (χ3v) is 5.40. The van der Waals surface area contributed by atoms with Crippen molar-refractivity contribution in [3.63, 3.8) is 0 Å². The monoisotopic (exact) mass is 422 g/mol. The van der Waals surface area contributed by atoms with Gasteiger partial charge in [0.1, 0.15) is 5.82 Å². The number of carbonyl (C=O) groups excluding carboxylic acids is 2. The van der Waals surface area contributed by atoms with Gasteiger partial charge >= 0.3 is 5.97 Å². The summed E-state index contributed by atoms with van der Waals surface area (Å²) in [6, 6.07) is 10.4. The molecule has 1 N–H and O–H groups in total. The topological polar surface area (TPSA) is 92.8 Å². The van der Waals surface area contributed by atoms with Gasteiger partial charge in [-0.25, -0.2) is 17.6 Å². The van der Waals surface area contributed by atoms with Gasteiger partial charge in [-0.05, 0) is 43.2 Å². The van der Waals surface area contributed by atoms with E-state index in [-0.39, 0.29) is 31.0 Å². The number of amides is 1. The summed E-state index contributed by atoms with van der Waals surface area (Å²) < 4.78 is 43.7. The molecule has 0 aliphatic rings. The zero-order valence-electron chi connectivity index (χ0n) is 16.4. The number of aryl methyl sites for hydroxylation is 1. The largest absolute Gasteiger partial charge is 0.465 e. The van der Waals surface area contributed by atoms with Crippen LogP contribution in [0.3, 0.4) is 0 Å². The van der Waals surface area contributed by atoms with E-state index >= 15 is 0 Å². The lowest BCUT2D eigenvalue weighted by atomic mass is 10.1. The fourth-order valence-electron chi connectivity index (χ4n) is 2.72. The predicted molar refractivity (Wildman–Crippen MR) is 109 cm³/mol. The number of carbonyl (C=O) groups is 2. The third-order valence-electron chi connectivity index (χ3n) is 4.22. The number of benzene rings is 2. The maximum absolute atomic E-state index is 14.0. The molecular formula is C20H23FN2O5S. The molecule has 0 atom stereocenters. The fourth-order valence-corrected chi connectivity index (χ4v) is 3.68. The highest BCUT2D eigenvalue weighted by Crippen LogP contribution is 2.22. The number of methoxy groups -OCH3 is 1. The number of para-hydroxylation sites is 1. The van der Waals surface area contributed by atoms with Gasteiger partial charge in [0.05, 0.1) is 24.6 Å². The van der Waals surface area contributed by atoms with E-state index in [1.54, 1.807) is 25.1 Å². The maximum Gasteiger partial charge on any atom is 0.337 e. The van der Waals surface area contributed by atoms with Crippen LogP contribution >= 0.6 is 0 Å². The zero-order chi connectivity index (χ0) is 21.6. The molecule has 0 saturated heterocycles. The summed E-state index contributed by atoms with van der Waals surface area (Å²) in [7, 11) is -2.44. The molecule has 1 amide bonds. The smallest absolute Gasteiger partial charge is 0.337 e. The van der Waals surface area contributed by atoms with E-state index in [0.29, 0.717) is 11.3 Å². The van der Waals surface area contributed by atoms with E-state index in [9.17, 15) is 22.4 Å². The molecule has 9 heteroatoms. The Morgan fingerprint density at radius 3 is 2.48 bits per heavy atom. The van der Waals surface area contributed by atoms with Crippen LogP contribution in [0.4, 0.5) is 15.8 Å². The zero-order valence-corrected chi connectivity index (χ0v) is 17.3. The van der Waals surface area contributed by atoms with E-state index in [0.717, 1.165) is 16.1 Å². The lowest BCUT2D eigenvalue weighted by molar-refractivity contribution is -0.116. The minimum Gasteiger partial charge on any atom is -0.465 e. The first-order valence-corrected chi connectivity index (χ1v) is 10.7. The van der Waals surface area contributed by atoms with Gasteiger partial charge < -0.3 is 10.1 Å². The molecule has 0 aliphatic carbocycles. The Morgan fingerprint density at radius 1 is 1.17 bits per heavy atom. The first kappa shape index (κ1) is 22.4. The Labute approximate surface area is 169 Å². The van der Waals surface area contributed by atoms with Crippen molar-refractivity contribution in [2.75, 3.05) is 29.5 Å². The van der Waals surface area contributed by atoms with E-state index in [1.807, 2.05) is 0 Å². The molecule has 156 valence electrons. The molecular weight excluding hydrogens is 399 g/mol. The van der Waals surface area contributed by atoms with Crippen LogP contribution in [-0.4, -0.2) is 40.2 Å². The van der Waals surface area contributed by atoms with Crippen molar-refractivity contribution >= 4 is 33.3 Å². The molecule has 0 aliphatic heterocycles. The van der Waals surface area contributed by atoms with Gasteiger partial charge in [-0.15, -0.1) is 0 Å². The number of anilines is 2.